The number of benzene rings is 1. The summed E-state index contributed by atoms with van der Waals surface area (Å²) >= 11 is 3.41. The quantitative estimate of drug-likeness (QED) is 0.674. The van der Waals surface area contributed by atoms with Gasteiger partial charge in [0.05, 0.1) is 11.8 Å². The fourth-order valence-corrected chi connectivity index (χ4v) is 1.64. The predicted molar refractivity (Wildman–Crippen MR) is 72.0 cm³/mol. The highest BCUT2D eigenvalue weighted by molar-refractivity contribution is 9.10. The molecule has 1 aromatic carbocycles. The van der Waals surface area contributed by atoms with Crippen LogP contribution in [0.1, 0.15) is 11.1 Å². The molecule has 2 aromatic rings. The molecule has 18 heavy (non-hydrogen) atoms. The number of ether oxygens (including phenoxy) is 1. The number of hydrogen-bond donors (Lipinski definition) is 2. The van der Waals surface area contributed by atoms with Crippen LogP contribution < -0.4 is 10.5 Å². The van der Waals surface area contributed by atoms with Crippen LogP contribution in [-0.2, 0) is 0 Å². The predicted octanol–water partition coefficient (Wildman–Crippen LogP) is 2.62. The van der Waals surface area contributed by atoms with E-state index in [1.54, 1.807) is 12.1 Å². The van der Waals surface area contributed by atoms with E-state index in [0.29, 0.717) is 11.3 Å². The topological polar surface area (TPSA) is 84.9 Å². The lowest BCUT2D eigenvalue weighted by Gasteiger charge is -2.08. The van der Waals surface area contributed by atoms with Gasteiger partial charge in [0.15, 0.2) is 0 Å². The largest absolute Gasteiger partial charge is 0.437 e. The molecule has 92 valence electrons. The van der Waals surface area contributed by atoms with Crippen molar-refractivity contribution >= 4 is 21.8 Å². The molecule has 0 aliphatic carbocycles. The van der Waals surface area contributed by atoms with Crippen LogP contribution in [0.5, 0.6) is 11.6 Å². The van der Waals surface area contributed by atoms with Gasteiger partial charge in [0.1, 0.15) is 11.6 Å². The first-order valence-corrected chi connectivity index (χ1v) is 5.97. The van der Waals surface area contributed by atoms with Crippen molar-refractivity contribution in [2.24, 2.45) is 5.73 Å². The lowest BCUT2D eigenvalue weighted by atomic mass is 10.2. The molecule has 0 unspecified atom stereocenters. The third-order valence-corrected chi connectivity index (χ3v) is 3.21. The number of nitrogens with two attached hydrogens (primary N) is 1. The fraction of sp³-hybridized carbons (Fsp3) is 0.0833. The van der Waals surface area contributed by atoms with Crippen LogP contribution in [0.25, 0.3) is 0 Å². The van der Waals surface area contributed by atoms with E-state index in [1.165, 1.54) is 6.20 Å². The Hall–Kier alpha value is -1.95. The number of nitrogens with zero attached hydrogens (tertiary/aromatic N) is 2. The van der Waals surface area contributed by atoms with E-state index in [9.17, 15) is 0 Å². The van der Waals surface area contributed by atoms with Crippen LogP contribution in [0.3, 0.4) is 0 Å². The van der Waals surface area contributed by atoms with Crippen LogP contribution in [0, 0.1) is 12.3 Å². The van der Waals surface area contributed by atoms with Gasteiger partial charge in [-0.2, -0.15) is 5.10 Å². The molecule has 0 atom stereocenters. The molecule has 5 nitrogen and oxygen atoms in total. The van der Waals surface area contributed by atoms with E-state index in [4.69, 9.17) is 15.9 Å². The molecule has 3 N–H and O–H groups in total. The Balaban J connectivity index is 2.34. The zero-order chi connectivity index (χ0) is 13.1. The highest BCUT2D eigenvalue weighted by Crippen LogP contribution is 2.26. The lowest BCUT2D eigenvalue weighted by molar-refractivity contribution is 0.453. The minimum atomic E-state index is -0.103. The Morgan fingerprint density at radius 2 is 2.17 bits per heavy atom. The molecule has 0 radical (unpaired) electrons. The van der Waals surface area contributed by atoms with Crippen molar-refractivity contribution in [2.75, 3.05) is 0 Å². The average Bonchev–Trinajstić information content (AvgIpc) is 2.34. The van der Waals surface area contributed by atoms with Crippen molar-refractivity contribution in [1.29, 1.82) is 5.41 Å². The molecule has 0 bridgehead atoms. The summed E-state index contributed by atoms with van der Waals surface area (Å²) in [5.74, 6) is 0.749. The van der Waals surface area contributed by atoms with E-state index >= 15 is 0 Å². The van der Waals surface area contributed by atoms with Gasteiger partial charge in [0.2, 0.25) is 5.88 Å². The number of nitrogens with one attached hydrogen (secondary N) is 1. The Bertz CT molecular complexity index is 600. The fourth-order valence-electron chi connectivity index (χ4n) is 1.39. The summed E-state index contributed by atoms with van der Waals surface area (Å²) in [6, 6.07) is 7.14. The van der Waals surface area contributed by atoms with Crippen LogP contribution >= 0.6 is 15.9 Å². The highest BCUT2D eigenvalue weighted by atomic mass is 79.9. The van der Waals surface area contributed by atoms with Gasteiger partial charge >= 0.3 is 0 Å². The summed E-state index contributed by atoms with van der Waals surface area (Å²) in [6.07, 6.45) is 1.47. The minimum absolute atomic E-state index is 0.103. The van der Waals surface area contributed by atoms with Gasteiger partial charge in [-0.15, -0.1) is 5.10 Å². The number of halogens is 1. The molecular weight excluding hydrogens is 296 g/mol. The first-order valence-electron chi connectivity index (χ1n) is 5.18. The second kappa shape index (κ2) is 5.14. The van der Waals surface area contributed by atoms with Crippen molar-refractivity contribution in [2.45, 2.75) is 6.92 Å². The van der Waals surface area contributed by atoms with Crippen LogP contribution in [0.2, 0.25) is 0 Å². The smallest absolute Gasteiger partial charge is 0.249 e. The van der Waals surface area contributed by atoms with Gasteiger partial charge in [-0.3, -0.25) is 5.41 Å². The number of aromatic nitrogens is 2. The van der Waals surface area contributed by atoms with Gasteiger partial charge in [0.25, 0.3) is 0 Å². The van der Waals surface area contributed by atoms with Gasteiger partial charge in [-0.05, 0) is 36.8 Å². The molecule has 6 heteroatoms. The normalized spacial score (nSPS) is 10.1. The van der Waals surface area contributed by atoms with E-state index in [0.717, 1.165) is 10.0 Å². The Labute approximate surface area is 113 Å². The average molecular weight is 307 g/mol. The Morgan fingerprint density at radius 1 is 1.39 bits per heavy atom. The monoisotopic (exact) mass is 306 g/mol. The number of nitrogen functional groups attached to an aromatic ring is 1. The molecule has 2 rings (SSSR count). The minimum Gasteiger partial charge on any atom is -0.437 e. The van der Waals surface area contributed by atoms with E-state index in [-0.39, 0.29) is 11.7 Å². The maximum atomic E-state index is 7.44. The maximum absolute atomic E-state index is 7.44. The van der Waals surface area contributed by atoms with E-state index in [1.807, 2.05) is 19.1 Å². The molecule has 0 amide bonds. The second-order valence-electron chi connectivity index (χ2n) is 3.68. The number of aryl methyl sites for hydroxylation is 1. The molecular formula is C12H11BrN4O. The molecule has 0 spiro atoms. The van der Waals surface area contributed by atoms with Gasteiger partial charge < -0.3 is 10.5 Å². The Morgan fingerprint density at radius 3 is 2.83 bits per heavy atom. The molecule has 1 heterocycles. The Kier molecular flexibility index (Phi) is 3.57. The highest BCUT2D eigenvalue weighted by Gasteiger charge is 2.09. The van der Waals surface area contributed by atoms with Crippen molar-refractivity contribution < 1.29 is 4.74 Å². The summed E-state index contributed by atoms with van der Waals surface area (Å²) < 4.78 is 6.59. The van der Waals surface area contributed by atoms with Gasteiger partial charge in [0, 0.05) is 4.47 Å². The third-order valence-electron chi connectivity index (χ3n) is 2.32. The standard InChI is InChI=1S/C12H11BrN4O/c1-7-6-8(2-3-10(7)13)18-12-9(11(14)15)4-5-16-17-12/h2-6H,1H3,(H3,14,15). The number of hydrogen-bond acceptors (Lipinski definition) is 4. The summed E-state index contributed by atoms with van der Waals surface area (Å²) in [5.41, 5.74) is 6.91. The van der Waals surface area contributed by atoms with Crippen molar-refractivity contribution in [1.82, 2.24) is 10.2 Å². The molecule has 0 aliphatic heterocycles. The third kappa shape index (κ3) is 2.65. The first-order chi connectivity index (χ1) is 8.58. The number of rotatable bonds is 3. The second-order valence-corrected chi connectivity index (χ2v) is 4.53. The van der Waals surface area contributed by atoms with Gasteiger partial charge in [-0.25, -0.2) is 0 Å². The molecule has 0 fully saturated rings. The zero-order valence-corrected chi connectivity index (χ0v) is 11.2. The van der Waals surface area contributed by atoms with Crippen LogP contribution in [-0.4, -0.2) is 16.0 Å². The summed E-state index contributed by atoms with van der Waals surface area (Å²) in [4.78, 5) is 0. The van der Waals surface area contributed by atoms with E-state index < -0.39 is 0 Å². The summed E-state index contributed by atoms with van der Waals surface area (Å²) in [6.45, 7) is 1.96. The van der Waals surface area contributed by atoms with Gasteiger partial charge in [-0.1, -0.05) is 15.9 Å². The molecule has 0 saturated heterocycles. The SMILES string of the molecule is Cc1cc(Oc2nnccc2C(=N)N)ccc1Br. The van der Waals surface area contributed by atoms with Crippen LogP contribution in [0.15, 0.2) is 34.9 Å². The molecule has 0 saturated carbocycles. The van der Waals surface area contributed by atoms with Crippen molar-refractivity contribution in [3.8, 4) is 11.6 Å². The molecule has 1 aromatic heterocycles. The first kappa shape index (κ1) is 12.5. The molecule has 0 aliphatic rings. The van der Waals surface area contributed by atoms with Crippen molar-refractivity contribution in [3.05, 3.63) is 46.1 Å². The maximum Gasteiger partial charge on any atom is 0.249 e. The van der Waals surface area contributed by atoms with Crippen LogP contribution in [0.4, 0.5) is 0 Å². The number of amidine groups is 1. The lowest BCUT2D eigenvalue weighted by Crippen LogP contribution is -2.13. The summed E-state index contributed by atoms with van der Waals surface area (Å²) in [5, 5.41) is 15.0. The van der Waals surface area contributed by atoms with E-state index in [2.05, 4.69) is 26.1 Å². The summed E-state index contributed by atoms with van der Waals surface area (Å²) in [7, 11) is 0. The zero-order valence-electron chi connectivity index (χ0n) is 9.64. The van der Waals surface area contributed by atoms with Crippen molar-refractivity contribution in [3.63, 3.8) is 0 Å².